The van der Waals surface area contributed by atoms with Crippen LogP contribution in [0.3, 0.4) is 0 Å². The number of hydrogen-bond acceptors (Lipinski definition) is 4. The van der Waals surface area contributed by atoms with Gasteiger partial charge in [0.05, 0.1) is 20.1 Å². The Morgan fingerprint density at radius 2 is 1.65 bits per heavy atom. The van der Waals surface area contributed by atoms with Gasteiger partial charge in [0, 0.05) is 11.3 Å². The van der Waals surface area contributed by atoms with Crippen LogP contribution < -0.4 is 14.8 Å². The Kier molecular flexibility index (Phi) is 5.74. The zero-order valence-corrected chi connectivity index (χ0v) is 13.2. The second-order valence-electron chi connectivity index (χ2n) is 4.93. The summed E-state index contributed by atoms with van der Waals surface area (Å²) in [7, 11) is 1.57. The molecule has 1 N–H and O–H groups in total. The summed E-state index contributed by atoms with van der Waals surface area (Å²) in [5, 5.41) is 2.76. The zero-order chi connectivity index (χ0) is 16.7. The molecular weight excluding hydrogens is 294 g/mol. The first-order valence-electron chi connectivity index (χ1n) is 7.27. The number of carbonyl (C=O) groups excluding carboxylic acids is 2. The van der Waals surface area contributed by atoms with Crippen LogP contribution in [0.1, 0.15) is 23.7 Å². The maximum absolute atomic E-state index is 11.9. The van der Waals surface area contributed by atoms with Crippen LogP contribution in [0.2, 0.25) is 0 Å². The lowest BCUT2D eigenvalue weighted by Gasteiger charge is -2.10. The van der Waals surface area contributed by atoms with Crippen molar-refractivity contribution in [2.45, 2.75) is 13.3 Å². The van der Waals surface area contributed by atoms with Crippen LogP contribution in [0.15, 0.2) is 48.5 Å². The van der Waals surface area contributed by atoms with Crippen molar-refractivity contribution in [2.24, 2.45) is 0 Å². The van der Waals surface area contributed by atoms with Gasteiger partial charge in [0.2, 0.25) is 5.91 Å². The van der Waals surface area contributed by atoms with E-state index in [1.54, 1.807) is 43.5 Å². The molecule has 23 heavy (non-hydrogen) atoms. The number of amides is 1. The van der Waals surface area contributed by atoms with Crippen LogP contribution in [0.25, 0.3) is 0 Å². The fourth-order valence-electron chi connectivity index (χ4n) is 2.00. The number of ether oxygens (including phenoxy) is 2. The molecule has 0 aliphatic rings. The third-order valence-electron chi connectivity index (χ3n) is 3.23. The Morgan fingerprint density at radius 1 is 1.00 bits per heavy atom. The highest BCUT2D eigenvalue weighted by Crippen LogP contribution is 2.25. The summed E-state index contributed by atoms with van der Waals surface area (Å²) in [5.74, 6) is 1.07. The summed E-state index contributed by atoms with van der Waals surface area (Å²) in [4.78, 5) is 23.1. The topological polar surface area (TPSA) is 64.6 Å². The summed E-state index contributed by atoms with van der Waals surface area (Å²) in [6.45, 7) is 1.75. The van der Waals surface area contributed by atoms with Gasteiger partial charge < -0.3 is 14.8 Å². The molecule has 120 valence electrons. The Hall–Kier alpha value is -2.82. The van der Waals surface area contributed by atoms with E-state index in [1.165, 1.54) is 6.92 Å². The molecule has 1 amide bonds. The number of hydrogen-bond donors (Lipinski definition) is 1. The maximum atomic E-state index is 11.9. The van der Waals surface area contributed by atoms with Crippen molar-refractivity contribution in [1.82, 2.24) is 0 Å². The molecule has 0 saturated heterocycles. The van der Waals surface area contributed by atoms with Gasteiger partial charge in [-0.15, -0.1) is 0 Å². The summed E-state index contributed by atoms with van der Waals surface area (Å²) in [6.07, 6.45) is 0.215. The molecule has 0 aromatic heterocycles. The Labute approximate surface area is 135 Å². The van der Waals surface area contributed by atoms with Gasteiger partial charge in [-0.25, -0.2) is 0 Å². The van der Waals surface area contributed by atoms with Crippen molar-refractivity contribution in [3.63, 3.8) is 0 Å². The number of ketones is 1. The van der Waals surface area contributed by atoms with Crippen molar-refractivity contribution in [2.75, 3.05) is 19.0 Å². The van der Waals surface area contributed by atoms with Gasteiger partial charge >= 0.3 is 0 Å². The molecule has 0 atom stereocenters. The van der Waals surface area contributed by atoms with Crippen LogP contribution in [0.4, 0.5) is 5.69 Å². The van der Waals surface area contributed by atoms with Crippen LogP contribution in [-0.2, 0) is 4.79 Å². The van der Waals surface area contributed by atoms with Gasteiger partial charge in [-0.05, 0) is 43.3 Å². The molecule has 0 unspecified atom stereocenters. The Bertz CT molecular complexity index is 680. The van der Waals surface area contributed by atoms with Gasteiger partial charge in [-0.3, -0.25) is 9.59 Å². The van der Waals surface area contributed by atoms with E-state index >= 15 is 0 Å². The molecule has 2 rings (SSSR count). The molecule has 2 aromatic carbocycles. The van der Waals surface area contributed by atoms with E-state index in [4.69, 9.17) is 9.47 Å². The van der Waals surface area contributed by atoms with E-state index in [1.807, 2.05) is 12.1 Å². The van der Waals surface area contributed by atoms with E-state index in [2.05, 4.69) is 5.32 Å². The predicted molar refractivity (Wildman–Crippen MR) is 88.2 cm³/mol. The van der Waals surface area contributed by atoms with Crippen molar-refractivity contribution in [1.29, 1.82) is 0 Å². The quantitative estimate of drug-likeness (QED) is 0.797. The lowest BCUT2D eigenvalue weighted by Crippen LogP contribution is -2.15. The number of nitrogens with one attached hydrogen (secondary N) is 1. The van der Waals surface area contributed by atoms with Gasteiger partial charge in [0.15, 0.2) is 17.3 Å². The summed E-state index contributed by atoms with van der Waals surface area (Å²) < 4.78 is 10.7. The number of Topliss-reactive ketones (excluding diaryl/α,β-unsaturated/α-hetero) is 1. The summed E-state index contributed by atoms with van der Waals surface area (Å²) >= 11 is 0. The average molecular weight is 313 g/mol. The first kappa shape index (κ1) is 16.5. The molecule has 0 radical (unpaired) electrons. The van der Waals surface area contributed by atoms with Crippen LogP contribution in [-0.4, -0.2) is 25.4 Å². The average Bonchev–Trinajstić information content (AvgIpc) is 2.55. The van der Waals surface area contributed by atoms with Crippen LogP contribution >= 0.6 is 0 Å². The standard InChI is InChI=1S/C18H19NO4/c1-13(20)14-7-9-15(10-8-14)19-18(21)11-12-23-17-6-4-3-5-16(17)22-2/h3-10H,11-12H2,1-2H3,(H,19,21). The Morgan fingerprint density at radius 3 is 2.26 bits per heavy atom. The molecule has 0 aliphatic carbocycles. The number of para-hydroxylation sites is 2. The third kappa shape index (κ3) is 4.85. The van der Waals surface area contributed by atoms with E-state index < -0.39 is 0 Å². The van der Waals surface area contributed by atoms with Gasteiger partial charge in [-0.2, -0.15) is 0 Å². The van der Waals surface area contributed by atoms with E-state index in [0.29, 0.717) is 22.7 Å². The second-order valence-corrected chi connectivity index (χ2v) is 4.93. The molecule has 0 spiro atoms. The zero-order valence-electron chi connectivity index (χ0n) is 13.2. The van der Waals surface area contributed by atoms with E-state index in [9.17, 15) is 9.59 Å². The first-order valence-corrected chi connectivity index (χ1v) is 7.27. The van der Waals surface area contributed by atoms with Crippen molar-refractivity contribution >= 4 is 17.4 Å². The first-order chi connectivity index (χ1) is 11.1. The summed E-state index contributed by atoms with van der Waals surface area (Å²) in [6, 6.07) is 14.1. The van der Waals surface area contributed by atoms with Gasteiger partial charge in [0.1, 0.15) is 0 Å². The molecule has 0 bridgehead atoms. The van der Waals surface area contributed by atoms with E-state index in [0.717, 1.165) is 0 Å². The van der Waals surface area contributed by atoms with Crippen molar-refractivity contribution in [3.8, 4) is 11.5 Å². The van der Waals surface area contributed by atoms with E-state index in [-0.39, 0.29) is 24.7 Å². The van der Waals surface area contributed by atoms with Crippen LogP contribution in [0.5, 0.6) is 11.5 Å². The highest BCUT2D eigenvalue weighted by Gasteiger charge is 2.06. The highest BCUT2D eigenvalue weighted by atomic mass is 16.5. The minimum absolute atomic E-state index is 0.00640. The number of benzene rings is 2. The molecule has 5 heteroatoms. The van der Waals surface area contributed by atoms with Crippen molar-refractivity contribution < 1.29 is 19.1 Å². The smallest absolute Gasteiger partial charge is 0.227 e. The largest absolute Gasteiger partial charge is 0.493 e. The monoisotopic (exact) mass is 313 g/mol. The minimum atomic E-state index is -0.157. The fourth-order valence-corrected chi connectivity index (χ4v) is 2.00. The number of methoxy groups -OCH3 is 1. The molecule has 0 fully saturated rings. The minimum Gasteiger partial charge on any atom is -0.493 e. The van der Waals surface area contributed by atoms with Crippen molar-refractivity contribution in [3.05, 3.63) is 54.1 Å². The number of carbonyl (C=O) groups is 2. The second kappa shape index (κ2) is 7.98. The fraction of sp³-hybridized carbons (Fsp3) is 0.222. The van der Waals surface area contributed by atoms with Gasteiger partial charge in [0.25, 0.3) is 0 Å². The molecule has 2 aromatic rings. The molecule has 0 heterocycles. The SMILES string of the molecule is COc1ccccc1OCCC(=O)Nc1ccc(C(C)=O)cc1. The normalized spacial score (nSPS) is 10.0. The highest BCUT2D eigenvalue weighted by molar-refractivity contribution is 5.95. The number of rotatable bonds is 7. The lowest BCUT2D eigenvalue weighted by molar-refractivity contribution is -0.116. The summed E-state index contributed by atoms with van der Waals surface area (Å²) in [5.41, 5.74) is 1.26. The molecule has 0 saturated carbocycles. The molecule has 5 nitrogen and oxygen atoms in total. The Balaban J connectivity index is 1.82. The molecule has 0 aliphatic heterocycles. The van der Waals surface area contributed by atoms with Crippen LogP contribution in [0, 0.1) is 0 Å². The third-order valence-corrected chi connectivity index (χ3v) is 3.23. The lowest BCUT2D eigenvalue weighted by atomic mass is 10.1. The van der Waals surface area contributed by atoms with Gasteiger partial charge in [-0.1, -0.05) is 12.1 Å². The molecular formula is C18H19NO4. The predicted octanol–water partition coefficient (Wildman–Crippen LogP) is 3.31. The number of anilines is 1. The maximum Gasteiger partial charge on any atom is 0.227 e.